The Morgan fingerprint density at radius 1 is 1.16 bits per heavy atom. The van der Waals surface area contributed by atoms with E-state index in [4.69, 9.17) is 9.47 Å². The molecular formula is C22H23N3O6. The maximum Gasteiger partial charge on any atom is 0.407 e. The van der Waals surface area contributed by atoms with Gasteiger partial charge in [-0.15, -0.1) is 0 Å². The van der Waals surface area contributed by atoms with Gasteiger partial charge in [-0.25, -0.2) is 9.59 Å². The molecule has 0 aliphatic heterocycles. The number of alkyl carbamates (subject to hydrolysis) is 1. The summed E-state index contributed by atoms with van der Waals surface area (Å²) in [6.07, 6.45) is 2.83. The van der Waals surface area contributed by atoms with E-state index in [1.165, 1.54) is 24.3 Å². The summed E-state index contributed by atoms with van der Waals surface area (Å²) in [6.45, 7) is 2.22. The van der Waals surface area contributed by atoms with E-state index in [0.29, 0.717) is 6.42 Å². The molecule has 0 aliphatic rings. The van der Waals surface area contributed by atoms with Gasteiger partial charge in [0.2, 0.25) is 0 Å². The van der Waals surface area contributed by atoms with Crippen LogP contribution in [0.3, 0.4) is 0 Å². The number of fused-ring (bicyclic) bond motifs is 1. The molecule has 0 saturated carbocycles. The smallest absolute Gasteiger partial charge is 0.407 e. The van der Waals surface area contributed by atoms with Crippen LogP contribution in [0.5, 0.6) is 5.75 Å². The first-order valence-corrected chi connectivity index (χ1v) is 9.92. The quantitative estimate of drug-likeness (QED) is 0.175. The molecule has 9 nitrogen and oxygen atoms in total. The first-order valence-electron chi connectivity index (χ1n) is 9.92. The molecule has 0 fully saturated rings. The van der Waals surface area contributed by atoms with Crippen molar-refractivity contribution in [2.24, 2.45) is 0 Å². The number of amides is 1. The van der Waals surface area contributed by atoms with E-state index in [0.717, 1.165) is 22.9 Å². The Morgan fingerprint density at radius 2 is 1.90 bits per heavy atom. The van der Waals surface area contributed by atoms with E-state index in [-0.39, 0.29) is 24.5 Å². The fraction of sp³-hybridized carbons (Fsp3) is 0.273. The maximum atomic E-state index is 12.8. The molecule has 0 spiro atoms. The summed E-state index contributed by atoms with van der Waals surface area (Å²) in [7, 11) is 0. The topological polar surface area (TPSA) is 124 Å². The van der Waals surface area contributed by atoms with Crippen LogP contribution in [0, 0.1) is 10.1 Å². The van der Waals surface area contributed by atoms with Gasteiger partial charge in [-0.3, -0.25) is 10.1 Å². The summed E-state index contributed by atoms with van der Waals surface area (Å²) in [6, 6.07) is 11.7. The van der Waals surface area contributed by atoms with Gasteiger partial charge in [0.25, 0.3) is 5.69 Å². The van der Waals surface area contributed by atoms with Crippen molar-refractivity contribution < 1.29 is 24.0 Å². The van der Waals surface area contributed by atoms with Crippen LogP contribution in [0.1, 0.15) is 25.3 Å². The lowest BCUT2D eigenvalue weighted by atomic mass is 10.1. The van der Waals surface area contributed by atoms with Crippen LogP contribution in [0.2, 0.25) is 0 Å². The minimum Gasteiger partial charge on any atom is -0.450 e. The molecule has 9 heteroatoms. The second kappa shape index (κ2) is 10.2. The molecule has 0 bridgehead atoms. The van der Waals surface area contributed by atoms with Crippen molar-refractivity contribution in [3.05, 3.63) is 70.4 Å². The molecule has 3 aromatic rings. The fourth-order valence-electron chi connectivity index (χ4n) is 3.03. The molecule has 1 aromatic heterocycles. The fourth-order valence-corrected chi connectivity index (χ4v) is 3.03. The number of ether oxygens (including phenoxy) is 2. The zero-order valence-electron chi connectivity index (χ0n) is 17.0. The van der Waals surface area contributed by atoms with Crippen molar-refractivity contribution in [1.29, 1.82) is 0 Å². The number of nitrogens with one attached hydrogen (secondary N) is 2. The largest absolute Gasteiger partial charge is 0.450 e. The molecule has 0 unspecified atom stereocenters. The number of rotatable bonds is 9. The van der Waals surface area contributed by atoms with Crippen LogP contribution >= 0.6 is 0 Å². The third-order valence-electron chi connectivity index (χ3n) is 4.67. The van der Waals surface area contributed by atoms with Crippen molar-refractivity contribution in [1.82, 2.24) is 10.3 Å². The highest BCUT2D eigenvalue weighted by molar-refractivity contribution is 5.86. The molecule has 2 N–H and O–H groups in total. The Bertz CT molecular complexity index is 1060. The number of non-ortho nitro benzene ring substituents is 1. The SMILES string of the molecule is CCCCOC(=O)N[C@@H](Cc1c[nH]c2ccccc12)C(=O)Oc1ccc([N+](=O)[O-])cc1. The lowest BCUT2D eigenvalue weighted by molar-refractivity contribution is -0.384. The molecule has 0 saturated heterocycles. The number of hydrogen-bond acceptors (Lipinski definition) is 6. The minimum atomic E-state index is -1.01. The van der Waals surface area contributed by atoms with Gasteiger partial charge in [-0.05, 0) is 30.2 Å². The number of benzene rings is 2. The number of carbonyl (C=O) groups excluding carboxylic acids is 2. The molecule has 0 radical (unpaired) electrons. The summed E-state index contributed by atoms with van der Waals surface area (Å²) in [5, 5.41) is 14.3. The Labute approximate surface area is 178 Å². The van der Waals surface area contributed by atoms with Crippen molar-refractivity contribution in [2.75, 3.05) is 6.61 Å². The van der Waals surface area contributed by atoms with Crippen LogP contribution in [0.4, 0.5) is 10.5 Å². The highest BCUT2D eigenvalue weighted by atomic mass is 16.6. The van der Waals surface area contributed by atoms with Gasteiger partial charge < -0.3 is 19.8 Å². The first-order chi connectivity index (χ1) is 15.0. The molecule has 162 valence electrons. The monoisotopic (exact) mass is 425 g/mol. The zero-order chi connectivity index (χ0) is 22.2. The number of aromatic nitrogens is 1. The highest BCUT2D eigenvalue weighted by Gasteiger charge is 2.25. The Kier molecular flexibility index (Phi) is 7.21. The molecular weight excluding hydrogens is 402 g/mol. The third kappa shape index (κ3) is 5.81. The van der Waals surface area contributed by atoms with Crippen LogP contribution in [0.25, 0.3) is 10.9 Å². The average molecular weight is 425 g/mol. The zero-order valence-corrected chi connectivity index (χ0v) is 17.0. The minimum absolute atomic E-state index is 0.118. The summed E-state index contributed by atoms with van der Waals surface area (Å²) in [4.78, 5) is 38.4. The Balaban J connectivity index is 1.76. The number of unbranched alkanes of at least 4 members (excludes halogenated alkanes) is 1. The molecule has 2 aromatic carbocycles. The number of nitrogens with zero attached hydrogens (tertiary/aromatic N) is 1. The predicted octanol–water partition coefficient (Wildman–Crippen LogP) is 4.12. The van der Waals surface area contributed by atoms with Gasteiger partial charge in [-0.1, -0.05) is 31.5 Å². The maximum absolute atomic E-state index is 12.8. The van der Waals surface area contributed by atoms with E-state index in [9.17, 15) is 19.7 Å². The van der Waals surface area contributed by atoms with E-state index in [1.807, 2.05) is 31.2 Å². The van der Waals surface area contributed by atoms with E-state index in [1.54, 1.807) is 6.20 Å². The number of hydrogen-bond donors (Lipinski definition) is 2. The number of carbonyl (C=O) groups is 2. The van der Waals surface area contributed by atoms with Crippen molar-refractivity contribution in [3.8, 4) is 5.75 Å². The van der Waals surface area contributed by atoms with E-state index < -0.39 is 23.0 Å². The highest BCUT2D eigenvalue weighted by Crippen LogP contribution is 2.21. The Hall–Kier alpha value is -3.88. The molecule has 1 atom stereocenters. The Morgan fingerprint density at radius 3 is 2.61 bits per heavy atom. The molecule has 3 rings (SSSR count). The molecule has 0 aliphatic carbocycles. The second-order valence-electron chi connectivity index (χ2n) is 6.92. The number of para-hydroxylation sites is 1. The van der Waals surface area contributed by atoms with Gasteiger partial charge in [0.1, 0.15) is 11.8 Å². The first kappa shape index (κ1) is 21.8. The van der Waals surface area contributed by atoms with E-state index in [2.05, 4.69) is 10.3 Å². The number of esters is 1. The van der Waals surface area contributed by atoms with Crippen molar-refractivity contribution in [2.45, 2.75) is 32.2 Å². The van der Waals surface area contributed by atoms with Gasteiger partial charge in [-0.2, -0.15) is 0 Å². The van der Waals surface area contributed by atoms with Crippen molar-refractivity contribution >= 4 is 28.7 Å². The summed E-state index contributed by atoms with van der Waals surface area (Å²) in [5.74, 6) is -0.563. The van der Waals surface area contributed by atoms with Crippen LogP contribution in [-0.4, -0.2) is 34.6 Å². The summed E-state index contributed by atoms with van der Waals surface area (Å²) >= 11 is 0. The third-order valence-corrected chi connectivity index (χ3v) is 4.67. The van der Waals surface area contributed by atoms with Crippen LogP contribution < -0.4 is 10.1 Å². The molecule has 31 heavy (non-hydrogen) atoms. The van der Waals surface area contributed by atoms with Gasteiger partial charge >= 0.3 is 12.1 Å². The molecule has 1 heterocycles. The van der Waals surface area contributed by atoms with Crippen molar-refractivity contribution in [3.63, 3.8) is 0 Å². The normalized spacial score (nSPS) is 11.6. The molecule has 1 amide bonds. The van der Waals surface area contributed by atoms with Gasteiger partial charge in [0, 0.05) is 35.7 Å². The summed E-state index contributed by atoms with van der Waals surface area (Å²) in [5.41, 5.74) is 1.62. The number of aromatic amines is 1. The summed E-state index contributed by atoms with van der Waals surface area (Å²) < 4.78 is 10.5. The lowest BCUT2D eigenvalue weighted by Crippen LogP contribution is -2.44. The lowest BCUT2D eigenvalue weighted by Gasteiger charge is -2.17. The number of nitro groups is 1. The van der Waals surface area contributed by atoms with Crippen LogP contribution in [0.15, 0.2) is 54.7 Å². The number of H-pyrrole nitrogens is 1. The predicted molar refractivity (Wildman–Crippen MR) is 114 cm³/mol. The number of nitro benzene ring substituents is 1. The second-order valence-corrected chi connectivity index (χ2v) is 6.92. The van der Waals surface area contributed by atoms with E-state index >= 15 is 0 Å². The van der Waals surface area contributed by atoms with Gasteiger partial charge in [0.05, 0.1) is 11.5 Å². The van der Waals surface area contributed by atoms with Gasteiger partial charge in [0.15, 0.2) is 0 Å². The van der Waals surface area contributed by atoms with Crippen LogP contribution in [-0.2, 0) is 16.0 Å². The average Bonchev–Trinajstić information content (AvgIpc) is 3.17. The standard InChI is InChI=1S/C22H23N3O6/c1-2-3-12-30-22(27)24-20(13-15-14-23-19-7-5-4-6-18(15)19)21(26)31-17-10-8-16(9-11-17)25(28)29/h4-11,14,20,23H,2-3,12-13H2,1H3,(H,24,27)/t20-/m0/s1.